The van der Waals surface area contributed by atoms with E-state index in [4.69, 9.17) is 14.9 Å². The van der Waals surface area contributed by atoms with Crippen LogP contribution in [0.1, 0.15) is 13.3 Å². The van der Waals surface area contributed by atoms with E-state index in [-0.39, 0.29) is 6.42 Å². The zero-order chi connectivity index (χ0) is 9.35. The van der Waals surface area contributed by atoms with Crippen LogP contribution in [-0.4, -0.2) is 51.1 Å². The molecule has 1 aliphatic rings. The normalized spacial score (nSPS) is 49.2. The summed E-state index contributed by atoms with van der Waals surface area (Å²) in [6, 6.07) is 0. The van der Waals surface area contributed by atoms with Crippen molar-refractivity contribution < 1.29 is 25.2 Å². The Morgan fingerprint density at radius 3 is 2.58 bits per heavy atom. The molecular formula is C7H14O5. The molecule has 0 radical (unpaired) electrons. The second-order valence-electron chi connectivity index (χ2n) is 3.32. The minimum Gasteiger partial charge on any atom is -0.394 e. The summed E-state index contributed by atoms with van der Waals surface area (Å²) in [4.78, 5) is 0. The fraction of sp³-hybridized carbons (Fsp3) is 1.00. The fourth-order valence-corrected chi connectivity index (χ4v) is 1.34. The number of aliphatic hydroxyl groups excluding tert-OH is 3. The number of ether oxygens (including phenoxy) is 1. The Morgan fingerprint density at radius 1 is 1.50 bits per heavy atom. The van der Waals surface area contributed by atoms with Gasteiger partial charge >= 0.3 is 0 Å². The number of aliphatic hydroxyl groups is 4. The van der Waals surface area contributed by atoms with E-state index in [1.165, 1.54) is 6.92 Å². The quantitative estimate of drug-likeness (QED) is 0.380. The number of hydrogen-bond donors (Lipinski definition) is 4. The van der Waals surface area contributed by atoms with Gasteiger partial charge < -0.3 is 25.2 Å². The van der Waals surface area contributed by atoms with Gasteiger partial charge in [-0.2, -0.15) is 0 Å². The summed E-state index contributed by atoms with van der Waals surface area (Å²) >= 11 is 0. The van der Waals surface area contributed by atoms with Crippen LogP contribution >= 0.6 is 0 Å². The van der Waals surface area contributed by atoms with Gasteiger partial charge in [-0.05, 0) is 6.92 Å². The molecular weight excluding hydrogens is 164 g/mol. The van der Waals surface area contributed by atoms with Crippen molar-refractivity contribution in [1.29, 1.82) is 0 Å². The van der Waals surface area contributed by atoms with E-state index in [1.807, 2.05) is 0 Å². The van der Waals surface area contributed by atoms with Crippen LogP contribution in [0.25, 0.3) is 0 Å². The third-order valence-corrected chi connectivity index (χ3v) is 2.09. The lowest BCUT2D eigenvalue weighted by atomic mass is 9.89. The Hall–Kier alpha value is -0.200. The molecule has 72 valence electrons. The first-order valence-electron chi connectivity index (χ1n) is 3.82. The van der Waals surface area contributed by atoms with Gasteiger partial charge in [0.05, 0.1) is 12.2 Å². The third kappa shape index (κ3) is 1.75. The van der Waals surface area contributed by atoms with Crippen LogP contribution in [-0.2, 0) is 4.74 Å². The lowest BCUT2D eigenvalue weighted by Gasteiger charge is -2.40. The van der Waals surface area contributed by atoms with Crippen molar-refractivity contribution in [3.63, 3.8) is 0 Å². The van der Waals surface area contributed by atoms with E-state index in [0.717, 1.165) is 0 Å². The summed E-state index contributed by atoms with van der Waals surface area (Å²) in [5, 5.41) is 36.6. The topological polar surface area (TPSA) is 90.2 Å². The molecule has 0 aromatic heterocycles. The monoisotopic (exact) mass is 178 g/mol. The van der Waals surface area contributed by atoms with Crippen LogP contribution in [0, 0.1) is 0 Å². The number of rotatable bonds is 1. The minimum atomic E-state index is -1.40. The predicted octanol–water partition coefficient (Wildman–Crippen LogP) is -1.80. The lowest BCUT2D eigenvalue weighted by Crippen LogP contribution is -2.56. The fourth-order valence-electron chi connectivity index (χ4n) is 1.34. The molecule has 1 rings (SSSR count). The second-order valence-corrected chi connectivity index (χ2v) is 3.32. The summed E-state index contributed by atoms with van der Waals surface area (Å²) in [5.41, 5.74) is -1.40. The summed E-state index contributed by atoms with van der Waals surface area (Å²) < 4.78 is 4.78. The summed E-state index contributed by atoms with van der Waals surface area (Å²) in [7, 11) is 0. The van der Waals surface area contributed by atoms with E-state index >= 15 is 0 Å². The van der Waals surface area contributed by atoms with Crippen molar-refractivity contribution in [2.45, 2.75) is 37.4 Å². The van der Waals surface area contributed by atoms with E-state index in [2.05, 4.69) is 0 Å². The molecule has 0 spiro atoms. The maximum absolute atomic E-state index is 9.51. The first-order chi connectivity index (χ1) is 5.47. The molecule has 0 bridgehead atoms. The van der Waals surface area contributed by atoms with Gasteiger partial charge in [0.25, 0.3) is 0 Å². The molecule has 0 saturated carbocycles. The Bertz CT molecular complexity index is 158. The van der Waals surface area contributed by atoms with Crippen LogP contribution in [0.4, 0.5) is 0 Å². The van der Waals surface area contributed by atoms with Gasteiger partial charge in [0.1, 0.15) is 12.2 Å². The van der Waals surface area contributed by atoms with Crippen LogP contribution in [0.3, 0.4) is 0 Å². The van der Waals surface area contributed by atoms with Gasteiger partial charge in [0, 0.05) is 6.42 Å². The van der Waals surface area contributed by atoms with Gasteiger partial charge in [-0.25, -0.2) is 0 Å². The molecule has 4 atom stereocenters. The van der Waals surface area contributed by atoms with Crippen molar-refractivity contribution in [2.75, 3.05) is 6.61 Å². The summed E-state index contributed by atoms with van der Waals surface area (Å²) in [5.74, 6) is 0. The SMILES string of the molecule is C[C@@]1(O)C[C@@H](O)O[C@H](CO)[C@H]1O. The van der Waals surface area contributed by atoms with Crippen LogP contribution in [0.15, 0.2) is 0 Å². The molecule has 1 aliphatic heterocycles. The minimum absolute atomic E-state index is 0.0509. The predicted molar refractivity (Wildman–Crippen MR) is 39.2 cm³/mol. The Balaban J connectivity index is 2.68. The van der Waals surface area contributed by atoms with Crippen LogP contribution in [0.2, 0.25) is 0 Å². The average Bonchev–Trinajstić information content (AvgIpc) is 1.96. The first-order valence-corrected chi connectivity index (χ1v) is 3.82. The first kappa shape index (κ1) is 9.88. The standard InChI is InChI=1S/C7H14O5/c1-7(11)2-5(9)12-4(3-8)6(7)10/h4-6,8-11H,2-3H2,1H3/t4-,5+,6-,7-/m1/s1. The van der Waals surface area contributed by atoms with Gasteiger partial charge in [-0.1, -0.05) is 0 Å². The average molecular weight is 178 g/mol. The molecule has 0 unspecified atom stereocenters. The van der Waals surface area contributed by atoms with Gasteiger partial charge in [-0.15, -0.1) is 0 Å². The molecule has 1 fully saturated rings. The Kier molecular flexibility index (Phi) is 2.70. The zero-order valence-electron chi connectivity index (χ0n) is 6.84. The van der Waals surface area contributed by atoms with Gasteiger partial charge in [0.15, 0.2) is 6.29 Å². The maximum atomic E-state index is 9.51. The van der Waals surface area contributed by atoms with E-state index < -0.39 is 30.7 Å². The van der Waals surface area contributed by atoms with Crippen molar-refractivity contribution in [1.82, 2.24) is 0 Å². The highest BCUT2D eigenvalue weighted by Crippen LogP contribution is 2.27. The molecule has 5 heteroatoms. The summed E-state index contributed by atoms with van der Waals surface area (Å²) in [6.07, 6.45) is -3.25. The molecule has 0 amide bonds. The van der Waals surface area contributed by atoms with E-state index in [1.54, 1.807) is 0 Å². The maximum Gasteiger partial charge on any atom is 0.157 e. The third-order valence-electron chi connectivity index (χ3n) is 2.09. The molecule has 0 aliphatic carbocycles. The molecule has 4 N–H and O–H groups in total. The number of hydrogen-bond acceptors (Lipinski definition) is 5. The van der Waals surface area contributed by atoms with Gasteiger partial charge in [0.2, 0.25) is 0 Å². The highest BCUT2D eigenvalue weighted by Gasteiger charge is 2.44. The lowest BCUT2D eigenvalue weighted by molar-refractivity contribution is -0.267. The molecule has 5 nitrogen and oxygen atoms in total. The Labute approximate surface area is 70.2 Å². The van der Waals surface area contributed by atoms with Crippen molar-refractivity contribution in [3.8, 4) is 0 Å². The van der Waals surface area contributed by atoms with Crippen LogP contribution < -0.4 is 0 Å². The van der Waals surface area contributed by atoms with Gasteiger partial charge in [-0.3, -0.25) is 0 Å². The zero-order valence-corrected chi connectivity index (χ0v) is 6.84. The second kappa shape index (κ2) is 3.27. The highest BCUT2D eigenvalue weighted by molar-refractivity contribution is 4.91. The van der Waals surface area contributed by atoms with E-state index in [9.17, 15) is 10.2 Å². The molecule has 0 aromatic rings. The van der Waals surface area contributed by atoms with Crippen molar-refractivity contribution in [2.24, 2.45) is 0 Å². The van der Waals surface area contributed by atoms with E-state index in [0.29, 0.717) is 0 Å². The largest absolute Gasteiger partial charge is 0.394 e. The summed E-state index contributed by atoms with van der Waals surface area (Å²) in [6.45, 7) is 0.973. The molecule has 12 heavy (non-hydrogen) atoms. The van der Waals surface area contributed by atoms with Crippen LogP contribution in [0.5, 0.6) is 0 Å². The molecule has 0 aromatic carbocycles. The van der Waals surface area contributed by atoms with Crippen molar-refractivity contribution >= 4 is 0 Å². The molecule has 1 saturated heterocycles. The Morgan fingerprint density at radius 2 is 2.08 bits per heavy atom. The smallest absolute Gasteiger partial charge is 0.157 e. The van der Waals surface area contributed by atoms with Crippen molar-refractivity contribution in [3.05, 3.63) is 0 Å². The molecule has 1 heterocycles. The highest BCUT2D eigenvalue weighted by atomic mass is 16.6.